The summed E-state index contributed by atoms with van der Waals surface area (Å²) in [5.41, 5.74) is 1.01. The van der Waals surface area contributed by atoms with Crippen LogP contribution < -0.4 is 0 Å². The summed E-state index contributed by atoms with van der Waals surface area (Å²) in [5, 5.41) is 9.53. The molecule has 1 fully saturated rings. The van der Waals surface area contributed by atoms with Crippen molar-refractivity contribution in [2.24, 2.45) is 5.92 Å². The molecule has 4 heteroatoms. The number of pyridine rings is 1. The van der Waals surface area contributed by atoms with Crippen molar-refractivity contribution < 1.29 is 9.90 Å². The molecule has 1 aromatic heterocycles. The van der Waals surface area contributed by atoms with Crippen LogP contribution in [0.5, 0.6) is 0 Å². The fourth-order valence-electron chi connectivity index (χ4n) is 2.42. The van der Waals surface area contributed by atoms with Crippen LogP contribution in [0.4, 0.5) is 0 Å². The van der Waals surface area contributed by atoms with Crippen LogP contribution in [-0.4, -0.2) is 40.1 Å². The number of aromatic nitrogens is 1. The molecule has 2 heterocycles. The maximum Gasteiger partial charge on any atom is 0.226 e. The van der Waals surface area contributed by atoms with Crippen LogP contribution in [-0.2, 0) is 11.2 Å². The van der Waals surface area contributed by atoms with Crippen molar-refractivity contribution in [3.63, 3.8) is 0 Å². The number of likely N-dealkylation sites (tertiary alicyclic amines) is 1. The molecule has 1 saturated heterocycles. The van der Waals surface area contributed by atoms with Crippen LogP contribution in [0.2, 0.25) is 0 Å². The van der Waals surface area contributed by atoms with Gasteiger partial charge in [0, 0.05) is 25.5 Å². The van der Waals surface area contributed by atoms with Crippen molar-refractivity contribution in [1.82, 2.24) is 9.88 Å². The Labute approximate surface area is 108 Å². The average Bonchev–Trinajstić information content (AvgIpc) is 2.40. The predicted molar refractivity (Wildman–Crippen MR) is 68.9 cm³/mol. The minimum absolute atomic E-state index is 0.172. The van der Waals surface area contributed by atoms with Gasteiger partial charge in [0.25, 0.3) is 0 Å². The van der Waals surface area contributed by atoms with Gasteiger partial charge in [-0.15, -0.1) is 0 Å². The van der Waals surface area contributed by atoms with E-state index in [0.717, 1.165) is 31.5 Å². The second kappa shape index (κ2) is 5.96. The maximum atomic E-state index is 12.1. The molecule has 1 amide bonds. The molecule has 0 aromatic carbocycles. The molecular formula is C14H20N2O2. The zero-order chi connectivity index (χ0) is 13.0. The van der Waals surface area contributed by atoms with E-state index in [0.29, 0.717) is 12.3 Å². The minimum Gasteiger partial charge on any atom is -0.393 e. The Balaban J connectivity index is 1.85. The van der Waals surface area contributed by atoms with Gasteiger partial charge in [-0.2, -0.15) is 0 Å². The highest BCUT2D eigenvalue weighted by Gasteiger charge is 2.25. The Kier molecular flexibility index (Phi) is 4.31. The average molecular weight is 248 g/mol. The lowest BCUT2D eigenvalue weighted by Crippen LogP contribution is -2.41. The molecule has 1 atom stereocenters. The number of piperidine rings is 1. The monoisotopic (exact) mass is 248 g/mol. The van der Waals surface area contributed by atoms with Gasteiger partial charge >= 0.3 is 0 Å². The lowest BCUT2D eigenvalue weighted by molar-refractivity contribution is -0.132. The second-order valence-corrected chi connectivity index (χ2v) is 4.99. The molecule has 1 aliphatic rings. The molecule has 0 spiro atoms. The van der Waals surface area contributed by atoms with Crippen LogP contribution in [0.25, 0.3) is 0 Å². The van der Waals surface area contributed by atoms with Crippen LogP contribution in [0.3, 0.4) is 0 Å². The van der Waals surface area contributed by atoms with E-state index in [1.165, 1.54) is 0 Å². The summed E-state index contributed by atoms with van der Waals surface area (Å²) in [4.78, 5) is 17.9. The second-order valence-electron chi connectivity index (χ2n) is 4.99. The number of carbonyl (C=O) groups is 1. The van der Waals surface area contributed by atoms with Crippen LogP contribution in [0.15, 0.2) is 24.5 Å². The molecule has 0 aliphatic carbocycles. The summed E-state index contributed by atoms with van der Waals surface area (Å²) in [7, 11) is 0. The molecular weight excluding hydrogens is 228 g/mol. The van der Waals surface area contributed by atoms with Gasteiger partial charge in [-0.3, -0.25) is 9.78 Å². The van der Waals surface area contributed by atoms with Gasteiger partial charge in [-0.05, 0) is 43.4 Å². The number of hydrogen-bond donors (Lipinski definition) is 1. The van der Waals surface area contributed by atoms with Gasteiger partial charge < -0.3 is 10.0 Å². The van der Waals surface area contributed by atoms with Crippen LogP contribution >= 0.6 is 0 Å². The number of aliphatic hydroxyl groups excluding tert-OH is 1. The first-order valence-electron chi connectivity index (χ1n) is 6.51. The first-order chi connectivity index (χ1) is 8.66. The predicted octanol–water partition coefficient (Wildman–Crippen LogP) is 1.24. The summed E-state index contributed by atoms with van der Waals surface area (Å²) in [5.74, 6) is 0.514. The number of aliphatic hydroxyl groups is 1. The van der Waals surface area contributed by atoms with Crippen molar-refractivity contribution >= 4 is 5.91 Å². The normalized spacial score (nSPS) is 18.7. The lowest BCUT2D eigenvalue weighted by Gasteiger charge is -2.33. The van der Waals surface area contributed by atoms with E-state index in [2.05, 4.69) is 4.98 Å². The summed E-state index contributed by atoms with van der Waals surface area (Å²) in [6.45, 7) is 3.36. The molecule has 1 aliphatic heterocycles. The first-order valence-corrected chi connectivity index (χ1v) is 6.51. The number of carbonyl (C=O) groups excluding carboxylic acids is 1. The van der Waals surface area contributed by atoms with Gasteiger partial charge in [0.1, 0.15) is 0 Å². The van der Waals surface area contributed by atoms with Gasteiger partial charge in [0.2, 0.25) is 5.91 Å². The SMILES string of the molecule is CC(O)C1CCN(C(=O)Cc2ccncc2)CC1. The van der Waals surface area contributed by atoms with E-state index in [-0.39, 0.29) is 12.0 Å². The Hall–Kier alpha value is -1.42. The van der Waals surface area contributed by atoms with E-state index in [1.807, 2.05) is 24.0 Å². The Morgan fingerprint density at radius 2 is 2.06 bits per heavy atom. The Morgan fingerprint density at radius 3 is 2.61 bits per heavy atom. The van der Waals surface area contributed by atoms with Crippen molar-refractivity contribution in [2.75, 3.05) is 13.1 Å². The largest absolute Gasteiger partial charge is 0.393 e. The summed E-state index contributed by atoms with van der Waals surface area (Å²) >= 11 is 0. The third kappa shape index (κ3) is 3.29. The number of nitrogens with zero attached hydrogens (tertiary/aromatic N) is 2. The van der Waals surface area contributed by atoms with Crippen molar-refractivity contribution in [2.45, 2.75) is 32.3 Å². The topological polar surface area (TPSA) is 53.4 Å². The van der Waals surface area contributed by atoms with Gasteiger partial charge in [-0.1, -0.05) is 0 Å². The van der Waals surface area contributed by atoms with E-state index in [1.54, 1.807) is 12.4 Å². The van der Waals surface area contributed by atoms with Gasteiger partial charge in [-0.25, -0.2) is 0 Å². The molecule has 0 bridgehead atoms. The van der Waals surface area contributed by atoms with E-state index in [9.17, 15) is 9.90 Å². The third-order valence-corrected chi connectivity index (χ3v) is 3.68. The minimum atomic E-state index is -0.262. The Bertz CT molecular complexity index is 384. The molecule has 1 aromatic rings. The summed E-state index contributed by atoms with van der Waals surface area (Å²) in [6.07, 6.45) is 5.41. The molecule has 1 unspecified atom stereocenters. The zero-order valence-electron chi connectivity index (χ0n) is 10.7. The van der Waals surface area contributed by atoms with E-state index < -0.39 is 0 Å². The molecule has 0 saturated carbocycles. The van der Waals surface area contributed by atoms with E-state index >= 15 is 0 Å². The fraction of sp³-hybridized carbons (Fsp3) is 0.571. The first kappa shape index (κ1) is 13.0. The number of amides is 1. The maximum absolute atomic E-state index is 12.1. The molecule has 4 nitrogen and oxygen atoms in total. The molecule has 1 N–H and O–H groups in total. The van der Waals surface area contributed by atoms with Gasteiger partial charge in [0.05, 0.1) is 12.5 Å². The zero-order valence-corrected chi connectivity index (χ0v) is 10.7. The van der Waals surface area contributed by atoms with E-state index in [4.69, 9.17) is 0 Å². The number of rotatable bonds is 3. The van der Waals surface area contributed by atoms with Crippen molar-refractivity contribution in [3.05, 3.63) is 30.1 Å². The highest BCUT2D eigenvalue weighted by Crippen LogP contribution is 2.21. The van der Waals surface area contributed by atoms with Crippen LogP contribution in [0.1, 0.15) is 25.3 Å². The molecule has 0 radical (unpaired) electrons. The molecule has 2 rings (SSSR count). The third-order valence-electron chi connectivity index (χ3n) is 3.68. The highest BCUT2D eigenvalue weighted by molar-refractivity contribution is 5.78. The summed E-state index contributed by atoms with van der Waals surface area (Å²) in [6, 6.07) is 3.75. The Morgan fingerprint density at radius 1 is 1.44 bits per heavy atom. The van der Waals surface area contributed by atoms with Crippen LogP contribution in [0, 0.1) is 5.92 Å². The highest BCUT2D eigenvalue weighted by atomic mass is 16.3. The summed E-state index contributed by atoms with van der Waals surface area (Å²) < 4.78 is 0. The quantitative estimate of drug-likeness (QED) is 0.875. The standard InChI is InChI=1S/C14H20N2O2/c1-11(17)13-4-8-16(9-5-13)14(18)10-12-2-6-15-7-3-12/h2-3,6-7,11,13,17H,4-5,8-10H2,1H3. The smallest absolute Gasteiger partial charge is 0.226 e. The fourth-order valence-corrected chi connectivity index (χ4v) is 2.42. The number of hydrogen-bond acceptors (Lipinski definition) is 3. The lowest BCUT2D eigenvalue weighted by atomic mass is 9.92. The molecule has 98 valence electrons. The van der Waals surface area contributed by atoms with Crippen molar-refractivity contribution in [3.8, 4) is 0 Å². The molecule has 18 heavy (non-hydrogen) atoms. The van der Waals surface area contributed by atoms with Gasteiger partial charge in [0.15, 0.2) is 0 Å². The van der Waals surface area contributed by atoms with Crippen molar-refractivity contribution in [1.29, 1.82) is 0 Å².